The van der Waals surface area contributed by atoms with E-state index in [1.807, 2.05) is 50.3 Å². The lowest BCUT2D eigenvalue weighted by molar-refractivity contribution is -0.117. The summed E-state index contributed by atoms with van der Waals surface area (Å²) in [4.78, 5) is 11.5. The van der Waals surface area contributed by atoms with Gasteiger partial charge in [0.15, 0.2) is 5.78 Å². The van der Waals surface area contributed by atoms with Gasteiger partial charge in [-0.15, -0.1) is 0 Å². The van der Waals surface area contributed by atoms with Crippen LogP contribution in [0.3, 0.4) is 0 Å². The van der Waals surface area contributed by atoms with E-state index in [0.717, 1.165) is 12.0 Å². The van der Waals surface area contributed by atoms with Gasteiger partial charge in [-0.2, -0.15) is 0 Å². The zero-order valence-electron chi connectivity index (χ0n) is 8.73. The molecule has 0 aliphatic rings. The average Bonchev–Trinajstić information content (AvgIpc) is 2.26. The highest BCUT2D eigenvalue weighted by molar-refractivity contribution is 5.95. The summed E-state index contributed by atoms with van der Waals surface area (Å²) in [6.07, 6.45) is 4.44. The highest BCUT2D eigenvalue weighted by Gasteiger charge is 2.05. The highest BCUT2D eigenvalue weighted by Crippen LogP contribution is 2.06. The Morgan fingerprint density at radius 1 is 1.36 bits per heavy atom. The van der Waals surface area contributed by atoms with Gasteiger partial charge in [0.1, 0.15) is 0 Å². The van der Waals surface area contributed by atoms with Crippen LogP contribution >= 0.6 is 0 Å². The Morgan fingerprint density at radius 2 is 2.00 bits per heavy atom. The molecule has 1 rings (SSSR count). The fourth-order valence-corrected chi connectivity index (χ4v) is 1.11. The number of benzene rings is 1. The van der Waals surface area contributed by atoms with Gasteiger partial charge in [-0.25, -0.2) is 0 Å². The molecule has 1 aromatic rings. The third kappa shape index (κ3) is 3.17. The van der Waals surface area contributed by atoms with Crippen LogP contribution in [0.4, 0.5) is 0 Å². The summed E-state index contributed by atoms with van der Waals surface area (Å²) in [6, 6.07) is 9.87. The molecule has 0 saturated carbocycles. The van der Waals surface area contributed by atoms with Crippen molar-refractivity contribution >= 4 is 11.9 Å². The quantitative estimate of drug-likeness (QED) is 0.662. The van der Waals surface area contributed by atoms with Gasteiger partial charge in [0, 0.05) is 5.92 Å². The molecule has 0 saturated heterocycles. The molecular weight excluding hydrogens is 172 g/mol. The number of hydrogen-bond acceptors (Lipinski definition) is 1. The third-order valence-electron chi connectivity index (χ3n) is 2.34. The smallest absolute Gasteiger partial charge is 0.158 e. The van der Waals surface area contributed by atoms with Crippen LogP contribution in [0.25, 0.3) is 6.08 Å². The van der Waals surface area contributed by atoms with Crippen molar-refractivity contribution in [1.29, 1.82) is 0 Å². The number of ketones is 1. The first-order chi connectivity index (χ1) is 6.74. The molecule has 0 spiro atoms. The molecule has 0 unspecified atom stereocenters. The lowest BCUT2D eigenvalue weighted by atomic mass is 10.0. The molecule has 1 aromatic carbocycles. The van der Waals surface area contributed by atoms with Gasteiger partial charge in [0.05, 0.1) is 0 Å². The van der Waals surface area contributed by atoms with E-state index < -0.39 is 0 Å². The topological polar surface area (TPSA) is 17.1 Å². The average molecular weight is 188 g/mol. The minimum atomic E-state index is 0.134. The molecule has 0 fully saturated rings. The third-order valence-corrected chi connectivity index (χ3v) is 2.34. The van der Waals surface area contributed by atoms with Crippen LogP contribution in [-0.2, 0) is 4.79 Å². The van der Waals surface area contributed by atoms with Crippen molar-refractivity contribution in [2.24, 2.45) is 5.92 Å². The largest absolute Gasteiger partial charge is 0.295 e. The second kappa shape index (κ2) is 5.38. The van der Waals surface area contributed by atoms with Crippen LogP contribution in [0.5, 0.6) is 0 Å². The fourth-order valence-electron chi connectivity index (χ4n) is 1.11. The maximum atomic E-state index is 11.5. The monoisotopic (exact) mass is 188 g/mol. The van der Waals surface area contributed by atoms with Gasteiger partial charge in [0.2, 0.25) is 0 Å². The SMILES string of the molecule is CC[C@H](C)C(=O)/C=C/c1ccccc1. The first-order valence-corrected chi connectivity index (χ1v) is 5.01. The Bertz CT molecular complexity index is 311. The number of carbonyl (C=O) groups is 1. The van der Waals surface area contributed by atoms with Gasteiger partial charge < -0.3 is 0 Å². The second-order valence-electron chi connectivity index (χ2n) is 3.46. The van der Waals surface area contributed by atoms with Gasteiger partial charge >= 0.3 is 0 Å². The van der Waals surface area contributed by atoms with Crippen LogP contribution in [0.15, 0.2) is 36.4 Å². The van der Waals surface area contributed by atoms with Crippen molar-refractivity contribution in [1.82, 2.24) is 0 Å². The van der Waals surface area contributed by atoms with Gasteiger partial charge in [-0.3, -0.25) is 4.79 Å². The Morgan fingerprint density at radius 3 is 2.57 bits per heavy atom. The van der Waals surface area contributed by atoms with E-state index in [-0.39, 0.29) is 11.7 Å². The number of rotatable bonds is 4. The standard InChI is InChI=1S/C13H16O/c1-3-11(2)13(14)10-9-12-7-5-4-6-8-12/h4-11H,3H2,1-2H3/b10-9+/t11-/m0/s1. The van der Waals surface area contributed by atoms with E-state index in [1.54, 1.807) is 6.08 Å². The normalized spacial score (nSPS) is 13.0. The molecule has 0 bridgehead atoms. The van der Waals surface area contributed by atoms with Crippen molar-refractivity contribution < 1.29 is 4.79 Å². The molecule has 0 amide bonds. The molecular formula is C13H16O. The minimum Gasteiger partial charge on any atom is -0.295 e. The van der Waals surface area contributed by atoms with Crippen molar-refractivity contribution in [3.8, 4) is 0 Å². The van der Waals surface area contributed by atoms with E-state index in [4.69, 9.17) is 0 Å². The molecule has 0 aromatic heterocycles. The second-order valence-corrected chi connectivity index (χ2v) is 3.46. The van der Waals surface area contributed by atoms with Crippen LogP contribution in [-0.4, -0.2) is 5.78 Å². The zero-order valence-corrected chi connectivity index (χ0v) is 8.73. The zero-order chi connectivity index (χ0) is 10.4. The summed E-state index contributed by atoms with van der Waals surface area (Å²) < 4.78 is 0. The summed E-state index contributed by atoms with van der Waals surface area (Å²) in [5.74, 6) is 0.339. The molecule has 74 valence electrons. The highest BCUT2D eigenvalue weighted by atomic mass is 16.1. The van der Waals surface area contributed by atoms with Gasteiger partial charge in [-0.05, 0) is 18.1 Å². The summed E-state index contributed by atoms with van der Waals surface area (Å²) >= 11 is 0. The summed E-state index contributed by atoms with van der Waals surface area (Å²) in [5.41, 5.74) is 1.07. The first kappa shape index (κ1) is 10.7. The lowest BCUT2D eigenvalue weighted by Crippen LogP contribution is -2.05. The Balaban J connectivity index is 2.61. The Kier molecular flexibility index (Phi) is 4.11. The van der Waals surface area contributed by atoms with E-state index in [9.17, 15) is 4.79 Å². The molecule has 1 heteroatoms. The van der Waals surface area contributed by atoms with Crippen molar-refractivity contribution in [3.05, 3.63) is 42.0 Å². The molecule has 0 radical (unpaired) electrons. The Labute approximate surface area is 85.5 Å². The van der Waals surface area contributed by atoms with Crippen LogP contribution in [0.2, 0.25) is 0 Å². The van der Waals surface area contributed by atoms with Crippen LogP contribution < -0.4 is 0 Å². The van der Waals surface area contributed by atoms with E-state index in [1.165, 1.54) is 0 Å². The number of hydrogen-bond donors (Lipinski definition) is 0. The van der Waals surface area contributed by atoms with Crippen molar-refractivity contribution in [2.75, 3.05) is 0 Å². The van der Waals surface area contributed by atoms with E-state index in [0.29, 0.717) is 0 Å². The van der Waals surface area contributed by atoms with Crippen molar-refractivity contribution in [3.63, 3.8) is 0 Å². The predicted octanol–water partition coefficient (Wildman–Crippen LogP) is 3.32. The van der Waals surface area contributed by atoms with Crippen LogP contribution in [0, 0.1) is 5.92 Å². The number of allylic oxidation sites excluding steroid dienone is 1. The summed E-state index contributed by atoms with van der Waals surface area (Å²) in [7, 11) is 0. The van der Waals surface area contributed by atoms with E-state index in [2.05, 4.69) is 0 Å². The molecule has 1 nitrogen and oxygen atoms in total. The molecule has 0 aliphatic carbocycles. The van der Waals surface area contributed by atoms with Gasteiger partial charge in [0.25, 0.3) is 0 Å². The number of carbonyl (C=O) groups excluding carboxylic acids is 1. The maximum Gasteiger partial charge on any atom is 0.158 e. The maximum absolute atomic E-state index is 11.5. The van der Waals surface area contributed by atoms with Crippen LogP contribution in [0.1, 0.15) is 25.8 Å². The summed E-state index contributed by atoms with van der Waals surface area (Å²) in [5, 5.41) is 0. The predicted molar refractivity (Wildman–Crippen MR) is 59.9 cm³/mol. The molecule has 14 heavy (non-hydrogen) atoms. The van der Waals surface area contributed by atoms with E-state index >= 15 is 0 Å². The fraction of sp³-hybridized carbons (Fsp3) is 0.308. The summed E-state index contributed by atoms with van der Waals surface area (Å²) in [6.45, 7) is 3.98. The van der Waals surface area contributed by atoms with Gasteiger partial charge in [-0.1, -0.05) is 50.3 Å². The lowest BCUT2D eigenvalue weighted by Gasteiger charge is -2.01. The minimum absolute atomic E-state index is 0.134. The Hall–Kier alpha value is -1.37. The molecule has 0 heterocycles. The molecule has 0 N–H and O–H groups in total. The first-order valence-electron chi connectivity index (χ1n) is 5.01. The molecule has 1 atom stereocenters. The van der Waals surface area contributed by atoms with Crippen molar-refractivity contribution in [2.45, 2.75) is 20.3 Å². The molecule has 0 aliphatic heterocycles.